The van der Waals surface area contributed by atoms with Gasteiger partial charge in [-0.1, -0.05) is 133 Å². The Kier molecular flexibility index (Phi) is 16.3. The van der Waals surface area contributed by atoms with Gasteiger partial charge in [0.15, 0.2) is 29.4 Å². The van der Waals surface area contributed by atoms with Gasteiger partial charge in [-0.15, -0.1) is 0 Å². The molecule has 8 aromatic rings. The van der Waals surface area contributed by atoms with Crippen molar-refractivity contribution in [3.63, 3.8) is 0 Å². The van der Waals surface area contributed by atoms with Gasteiger partial charge in [0.25, 0.3) is 0 Å². The topological polar surface area (TPSA) is 0 Å². The van der Waals surface area contributed by atoms with Gasteiger partial charge in [0.2, 0.25) is 0 Å². The predicted molar refractivity (Wildman–Crippen MR) is 251 cm³/mol. The van der Waals surface area contributed by atoms with Crippen molar-refractivity contribution in [1.29, 1.82) is 0 Å². The fraction of sp³-hybridized carbons (Fsp3) is 0. The average Bonchev–Trinajstić information content (AvgIpc) is 3.26. The van der Waals surface area contributed by atoms with E-state index in [4.69, 9.17) is 0 Å². The minimum Gasteiger partial charge on any atom is -0.0901 e. The largest absolute Gasteiger partial charge is 0.166 e. The van der Waals surface area contributed by atoms with Crippen LogP contribution in [0.2, 0.25) is 0 Å². The standard InChI is InChI=1S/2C24H19S2.2F6P/c2*1-4-10-20(11-5-1)25-21-16-18-24(19-17-21)26(22-12-6-2-7-13-22)23-14-8-3-9-15-23;2*1-7(2,3,4,5)6/h2*1-19H;;/q2*+1;2*-1. The summed E-state index contributed by atoms with van der Waals surface area (Å²) in [4.78, 5) is 13.2. The molecule has 348 valence electrons. The second-order valence-electron chi connectivity index (χ2n) is 13.6. The molecule has 0 nitrogen and oxygen atoms in total. The molecule has 0 spiro atoms. The summed E-state index contributed by atoms with van der Waals surface area (Å²) in [7, 11) is -21.5. The first-order chi connectivity index (χ1) is 30.7. The van der Waals surface area contributed by atoms with Crippen LogP contribution in [0.1, 0.15) is 0 Å². The first-order valence-electron chi connectivity index (χ1n) is 19.2. The second-order valence-corrected chi connectivity index (χ2v) is 23.7. The zero-order chi connectivity index (χ0) is 48.0. The fourth-order valence-corrected chi connectivity index (χ4v) is 11.4. The molecule has 0 N–H and O–H groups in total. The Hall–Kier alpha value is -4.82. The molecule has 8 aromatic carbocycles. The molecule has 0 radical (unpaired) electrons. The number of hydrogen-bond acceptors (Lipinski definition) is 2. The van der Waals surface area contributed by atoms with Crippen LogP contribution >= 0.6 is 39.1 Å². The van der Waals surface area contributed by atoms with E-state index in [1.165, 1.54) is 49.0 Å². The first kappa shape index (κ1) is 52.2. The molecule has 0 aliphatic rings. The molecular formula is C48H38F12P2S4. The van der Waals surface area contributed by atoms with E-state index < -0.39 is 15.6 Å². The van der Waals surface area contributed by atoms with Crippen molar-refractivity contribution in [2.75, 3.05) is 0 Å². The summed E-state index contributed by atoms with van der Waals surface area (Å²) in [6, 6.07) is 82.2. The third-order valence-corrected chi connectivity index (χ3v) is 14.5. The van der Waals surface area contributed by atoms with Gasteiger partial charge in [0, 0.05) is 19.6 Å². The molecule has 0 saturated heterocycles. The van der Waals surface area contributed by atoms with Crippen molar-refractivity contribution in [3.05, 3.63) is 231 Å². The average molecular weight is 1030 g/mol. The fourth-order valence-electron chi connectivity index (χ4n) is 5.58. The van der Waals surface area contributed by atoms with Crippen molar-refractivity contribution in [3.8, 4) is 0 Å². The molecule has 0 saturated carbocycles. The molecule has 0 bridgehead atoms. The van der Waals surface area contributed by atoms with Crippen LogP contribution in [0.15, 0.2) is 279 Å². The maximum Gasteiger partial charge on any atom is 0.166 e. The summed E-state index contributed by atoms with van der Waals surface area (Å²) < 4.78 is 118. The van der Waals surface area contributed by atoms with Crippen LogP contribution in [0.3, 0.4) is 0 Å². The molecule has 18 heteroatoms. The van der Waals surface area contributed by atoms with E-state index in [1.807, 2.05) is 0 Å². The summed E-state index contributed by atoms with van der Waals surface area (Å²) in [5, 5.41) is 0. The minimum atomic E-state index is -10.7. The molecule has 66 heavy (non-hydrogen) atoms. The van der Waals surface area contributed by atoms with Gasteiger partial charge in [0.1, 0.15) is 0 Å². The minimum absolute atomic E-state index is 0.0786. The van der Waals surface area contributed by atoms with Crippen LogP contribution in [0.4, 0.5) is 50.4 Å². The molecule has 0 fully saturated rings. The zero-order valence-electron chi connectivity index (χ0n) is 34.0. The van der Waals surface area contributed by atoms with E-state index in [2.05, 4.69) is 231 Å². The van der Waals surface area contributed by atoms with E-state index in [9.17, 15) is 50.4 Å². The number of rotatable bonds is 10. The van der Waals surface area contributed by atoms with E-state index in [-0.39, 0.29) is 21.8 Å². The Morgan fingerprint density at radius 2 is 0.364 bits per heavy atom. The summed E-state index contributed by atoms with van der Waals surface area (Å²) in [6.45, 7) is 0. The number of benzene rings is 8. The summed E-state index contributed by atoms with van der Waals surface area (Å²) in [5.41, 5.74) is 0. The van der Waals surface area contributed by atoms with Crippen LogP contribution in [0.5, 0.6) is 0 Å². The normalized spacial score (nSPS) is 13.4. The van der Waals surface area contributed by atoms with Crippen LogP contribution in [-0.4, -0.2) is 0 Å². The molecule has 0 heterocycles. The van der Waals surface area contributed by atoms with Crippen molar-refractivity contribution in [2.45, 2.75) is 49.0 Å². The Morgan fingerprint density at radius 1 is 0.212 bits per heavy atom. The van der Waals surface area contributed by atoms with Crippen LogP contribution in [0.25, 0.3) is 0 Å². The Balaban J connectivity index is 0.000000193. The third kappa shape index (κ3) is 22.1. The van der Waals surface area contributed by atoms with Gasteiger partial charge >= 0.3 is 66.0 Å². The van der Waals surface area contributed by atoms with Gasteiger partial charge in [-0.2, -0.15) is 0 Å². The van der Waals surface area contributed by atoms with Crippen molar-refractivity contribution in [2.24, 2.45) is 0 Å². The van der Waals surface area contributed by atoms with E-state index in [0.717, 1.165) is 0 Å². The molecule has 0 amide bonds. The smallest absolute Gasteiger partial charge is 0.0901 e. The molecule has 0 atom stereocenters. The Bertz CT molecular complexity index is 2400. The summed E-state index contributed by atoms with van der Waals surface area (Å²) in [5.74, 6) is 0. The Morgan fingerprint density at radius 3 is 0.561 bits per heavy atom. The zero-order valence-corrected chi connectivity index (χ0v) is 39.1. The van der Waals surface area contributed by atoms with E-state index in [0.29, 0.717) is 0 Å². The number of hydrogen-bond donors (Lipinski definition) is 0. The maximum atomic E-state index is 9.87. The molecular weight excluding hydrogens is 995 g/mol. The molecule has 0 unspecified atom stereocenters. The van der Waals surface area contributed by atoms with Crippen molar-refractivity contribution >= 4 is 60.9 Å². The molecule has 8 rings (SSSR count). The van der Waals surface area contributed by atoms with Crippen LogP contribution in [0, 0.1) is 0 Å². The summed E-state index contributed by atoms with van der Waals surface area (Å²) >= 11 is 3.61. The van der Waals surface area contributed by atoms with Gasteiger partial charge in [-0.3, -0.25) is 0 Å². The van der Waals surface area contributed by atoms with Gasteiger partial charge in [-0.05, 0) is 121 Å². The monoisotopic (exact) mass is 1030 g/mol. The molecule has 0 aliphatic heterocycles. The maximum absolute atomic E-state index is 10.7. The first-order valence-corrected chi connectivity index (χ1v) is 27.3. The van der Waals surface area contributed by atoms with Crippen molar-refractivity contribution < 1.29 is 50.4 Å². The Labute approximate surface area is 388 Å². The second kappa shape index (κ2) is 20.6. The van der Waals surface area contributed by atoms with Crippen molar-refractivity contribution in [1.82, 2.24) is 0 Å². The summed E-state index contributed by atoms with van der Waals surface area (Å²) in [6.07, 6.45) is 0. The third-order valence-electron chi connectivity index (χ3n) is 7.99. The SMILES string of the molecule is F[P-](F)(F)(F)(F)F.F[P-](F)(F)(F)(F)F.c1ccc(Sc2ccc([S+](c3ccccc3)c3ccccc3)cc2)cc1.c1ccc(Sc2ccc([S+](c3ccccc3)c3ccccc3)cc2)cc1. The number of halogens is 12. The van der Waals surface area contributed by atoms with Crippen LogP contribution in [-0.2, 0) is 21.8 Å². The predicted octanol–water partition coefficient (Wildman–Crippen LogP) is 20.6. The molecule has 0 aliphatic carbocycles. The van der Waals surface area contributed by atoms with Gasteiger partial charge in [-0.25, -0.2) is 0 Å². The van der Waals surface area contributed by atoms with Gasteiger partial charge in [0.05, 0.1) is 21.8 Å². The van der Waals surface area contributed by atoms with Gasteiger partial charge < -0.3 is 0 Å². The van der Waals surface area contributed by atoms with Crippen LogP contribution < -0.4 is 0 Å². The van der Waals surface area contributed by atoms with E-state index in [1.54, 1.807) is 23.5 Å². The quantitative estimate of drug-likeness (QED) is 0.0761. The molecule has 0 aromatic heterocycles. The van der Waals surface area contributed by atoms with E-state index >= 15 is 0 Å².